The second kappa shape index (κ2) is 11.0. The molecule has 3 aromatic carbocycles. The molecule has 0 aromatic heterocycles. The number of carbonyl (C=O) groups is 1. The van der Waals surface area contributed by atoms with Gasteiger partial charge in [-0.3, -0.25) is 4.79 Å². The fourth-order valence-corrected chi connectivity index (χ4v) is 3.53. The Balaban J connectivity index is 1.92. The van der Waals surface area contributed by atoms with Crippen LogP contribution in [0.25, 0.3) is 16.8 Å². The SMILES string of the molecule is C=CCc1cc(/C=C(/C#N)C(=O)NC(C)C)cc(OC)c1OCc1ccc2ccccc2c1. The van der Waals surface area contributed by atoms with Crippen molar-refractivity contribution in [2.24, 2.45) is 0 Å². The van der Waals surface area contributed by atoms with Crippen LogP contribution >= 0.6 is 0 Å². The van der Waals surface area contributed by atoms with E-state index in [1.165, 1.54) is 5.39 Å². The molecule has 0 heterocycles. The first-order valence-electron chi connectivity index (χ1n) is 10.8. The van der Waals surface area contributed by atoms with Crippen molar-refractivity contribution in [1.82, 2.24) is 5.32 Å². The van der Waals surface area contributed by atoms with Gasteiger partial charge in [0.05, 0.1) is 7.11 Å². The third-order valence-electron chi connectivity index (χ3n) is 5.03. The van der Waals surface area contributed by atoms with Crippen molar-refractivity contribution in [3.05, 3.63) is 89.5 Å². The molecular weight excluding hydrogens is 412 g/mol. The summed E-state index contributed by atoms with van der Waals surface area (Å²) in [5, 5.41) is 14.5. The Hall–Kier alpha value is -4.04. The summed E-state index contributed by atoms with van der Waals surface area (Å²) in [5.41, 5.74) is 2.61. The van der Waals surface area contributed by atoms with E-state index in [4.69, 9.17) is 9.47 Å². The Morgan fingerprint density at radius 2 is 1.91 bits per heavy atom. The first-order valence-corrected chi connectivity index (χ1v) is 10.8. The topological polar surface area (TPSA) is 71.4 Å². The van der Waals surface area contributed by atoms with E-state index in [1.807, 2.05) is 44.2 Å². The van der Waals surface area contributed by atoms with Gasteiger partial charge in [-0.15, -0.1) is 6.58 Å². The smallest absolute Gasteiger partial charge is 0.262 e. The molecule has 3 rings (SSSR count). The van der Waals surface area contributed by atoms with Crippen LogP contribution in [0.4, 0.5) is 0 Å². The number of ether oxygens (including phenoxy) is 2. The lowest BCUT2D eigenvalue weighted by molar-refractivity contribution is -0.117. The summed E-state index contributed by atoms with van der Waals surface area (Å²) in [7, 11) is 1.57. The van der Waals surface area contributed by atoms with E-state index in [-0.39, 0.29) is 11.6 Å². The van der Waals surface area contributed by atoms with Gasteiger partial charge in [-0.1, -0.05) is 42.5 Å². The molecule has 0 atom stereocenters. The van der Waals surface area contributed by atoms with Gasteiger partial charge in [0, 0.05) is 11.6 Å². The Bertz CT molecular complexity index is 1240. The fraction of sp³-hybridized carbons (Fsp3) is 0.214. The maximum atomic E-state index is 12.3. The van der Waals surface area contributed by atoms with Crippen LogP contribution < -0.4 is 14.8 Å². The van der Waals surface area contributed by atoms with Crippen LogP contribution in [0, 0.1) is 11.3 Å². The molecular formula is C28H28N2O3. The van der Waals surface area contributed by atoms with Crippen LogP contribution in [0.1, 0.15) is 30.5 Å². The number of rotatable bonds is 9. The van der Waals surface area contributed by atoms with Crippen molar-refractivity contribution in [2.45, 2.75) is 32.9 Å². The molecule has 1 amide bonds. The van der Waals surface area contributed by atoms with Crippen LogP contribution in [0.15, 0.2) is 72.8 Å². The van der Waals surface area contributed by atoms with Gasteiger partial charge in [0.1, 0.15) is 18.2 Å². The summed E-state index contributed by atoms with van der Waals surface area (Å²) in [4.78, 5) is 12.3. The number of fused-ring (bicyclic) bond motifs is 1. The highest BCUT2D eigenvalue weighted by molar-refractivity contribution is 6.01. The second-order valence-electron chi connectivity index (χ2n) is 7.97. The summed E-state index contributed by atoms with van der Waals surface area (Å²) >= 11 is 0. The number of nitrogens with one attached hydrogen (secondary N) is 1. The number of hydrogen-bond acceptors (Lipinski definition) is 4. The highest BCUT2D eigenvalue weighted by atomic mass is 16.5. The molecule has 0 bridgehead atoms. The van der Waals surface area contributed by atoms with Crippen LogP contribution in [-0.4, -0.2) is 19.1 Å². The van der Waals surface area contributed by atoms with Crippen LogP contribution in [0.3, 0.4) is 0 Å². The molecule has 0 saturated carbocycles. The average molecular weight is 441 g/mol. The van der Waals surface area contributed by atoms with Crippen LogP contribution in [-0.2, 0) is 17.8 Å². The minimum absolute atomic E-state index is 0.0279. The van der Waals surface area contributed by atoms with E-state index in [0.29, 0.717) is 30.1 Å². The van der Waals surface area contributed by atoms with E-state index in [2.05, 4.69) is 36.2 Å². The van der Waals surface area contributed by atoms with Gasteiger partial charge in [-0.25, -0.2) is 0 Å². The number of nitrogens with zero attached hydrogens (tertiary/aromatic N) is 1. The highest BCUT2D eigenvalue weighted by Gasteiger charge is 2.15. The van der Waals surface area contributed by atoms with E-state index >= 15 is 0 Å². The van der Waals surface area contributed by atoms with Crippen molar-refractivity contribution < 1.29 is 14.3 Å². The molecule has 0 aliphatic carbocycles. The zero-order chi connectivity index (χ0) is 23.8. The van der Waals surface area contributed by atoms with Gasteiger partial charge in [-0.05, 0) is 66.4 Å². The molecule has 0 unspecified atom stereocenters. The van der Waals surface area contributed by atoms with Crippen LogP contribution in [0.5, 0.6) is 11.5 Å². The summed E-state index contributed by atoms with van der Waals surface area (Å²) < 4.78 is 11.8. The monoisotopic (exact) mass is 440 g/mol. The number of carbonyl (C=O) groups excluding carboxylic acids is 1. The Labute approximate surface area is 195 Å². The summed E-state index contributed by atoms with van der Waals surface area (Å²) in [5.74, 6) is 0.740. The predicted octanol–water partition coefficient (Wildman–Crippen LogP) is 5.59. The van der Waals surface area contributed by atoms with Gasteiger partial charge in [0.15, 0.2) is 11.5 Å². The molecule has 0 radical (unpaired) electrons. The van der Waals surface area contributed by atoms with Crippen molar-refractivity contribution in [1.29, 1.82) is 5.26 Å². The Morgan fingerprint density at radius 3 is 2.58 bits per heavy atom. The predicted molar refractivity (Wildman–Crippen MR) is 132 cm³/mol. The molecule has 0 aliphatic heterocycles. The third kappa shape index (κ3) is 6.02. The maximum Gasteiger partial charge on any atom is 0.262 e. The van der Waals surface area contributed by atoms with Crippen molar-refractivity contribution >= 4 is 22.8 Å². The first-order chi connectivity index (χ1) is 15.9. The number of methoxy groups -OCH3 is 1. The second-order valence-corrected chi connectivity index (χ2v) is 7.97. The average Bonchev–Trinajstić information content (AvgIpc) is 2.81. The Morgan fingerprint density at radius 1 is 1.15 bits per heavy atom. The molecule has 0 spiro atoms. The van der Waals surface area contributed by atoms with Gasteiger partial charge in [-0.2, -0.15) is 5.26 Å². The largest absolute Gasteiger partial charge is 0.493 e. The maximum absolute atomic E-state index is 12.3. The summed E-state index contributed by atoms with van der Waals surface area (Å²) in [6, 6.07) is 20.0. The Kier molecular flexibility index (Phi) is 7.88. The molecule has 0 saturated heterocycles. The van der Waals surface area contributed by atoms with Gasteiger partial charge < -0.3 is 14.8 Å². The van der Waals surface area contributed by atoms with Crippen molar-refractivity contribution in [3.8, 4) is 17.6 Å². The molecule has 1 N–H and O–H groups in total. The van der Waals surface area contributed by atoms with E-state index in [9.17, 15) is 10.1 Å². The number of amides is 1. The van der Waals surface area contributed by atoms with Gasteiger partial charge in [0.25, 0.3) is 5.91 Å². The normalized spacial score (nSPS) is 11.2. The highest BCUT2D eigenvalue weighted by Crippen LogP contribution is 2.35. The minimum atomic E-state index is -0.409. The molecule has 3 aromatic rings. The summed E-state index contributed by atoms with van der Waals surface area (Å²) in [6.07, 6.45) is 3.88. The zero-order valence-corrected chi connectivity index (χ0v) is 19.2. The number of nitriles is 1. The number of benzene rings is 3. The molecule has 5 heteroatoms. The van der Waals surface area contributed by atoms with Gasteiger partial charge in [0.2, 0.25) is 0 Å². The van der Waals surface area contributed by atoms with Crippen molar-refractivity contribution in [2.75, 3.05) is 7.11 Å². The first kappa shape index (κ1) is 23.6. The summed E-state index contributed by atoms with van der Waals surface area (Å²) in [6.45, 7) is 7.91. The fourth-order valence-electron chi connectivity index (χ4n) is 3.53. The van der Waals surface area contributed by atoms with E-state index in [0.717, 1.165) is 16.5 Å². The molecule has 33 heavy (non-hydrogen) atoms. The molecule has 168 valence electrons. The van der Waals surface area contributed by atoms with Crippen molar-refractivity contribution in [3.63, 3.8) is 0 Å². The molecule has 0 fully saturated rings. The standard InChI is InChI=1S/C28H28N2O3/c1-5-8-24-14-21(15-25(17-29)28(31)30-19(2)3)16-26(32-4)27(24)33-18-20-11-12-22-9-6-7-10-23(22)13-20/h5-7,9-16,19H,1,8,18H2,2-4H3,(H,30,31)/b25-15-. The third-order valence-corrected chi connectivity index (χ3v) is 5.03. The number of allylic oxidation sites excluding steroid dienone is 1. The molecule has 5 nitrogen and oxygen atoms in total. The molecule has 0 aliphatic rings. The van der Waals surface area contributed by atoms with E-state index < -0.39 is 5.91 Å². The minimum Gasteiger partial charge on any atom is -0.493 e. The van der Waals surface area contributed by atoms with Gasteiger partial charge >= 0.3 is 0 Å². The quantitative estimate of drug-likeness (QED) is 0.268. The number of hydrogen-bond donors (Lipinski definition) is 1. The lowest BCUT2D eigenvalue weighted by Gasteiger charge is -2.16. The lowest BCUT2D eigenvalue weighted by atomic mass is 10.0. The van der Waals surface area contributed by atoms with E-state index in [1.54, 1.807) is 25.3 Å². The lowest BCUT2D eigenvalue weighted by Crippen LogP contribution is -2.30. The zero-order valence-electron chi connectivity index (χ0n) is 19.2. The van der Waals surface area contributed by atoms with Crippen LogP contribution in [0.2, 0.25) is 0 Å².